The zero-order valence-corrected chi connectivity index (χ0v) is 13.8. The molecule has 0 aromatic heterocycles. The van der Waals surface area contributed by atoms with Crippen molar-refractivity contribution in [2.75, 3.05) is 11.2 Å². The molecule has 1 N–H and O–H groups in total. The smallest absolute Gasteiger partial charge is 0.374 e. The lowest BCUT2D eigenvalue weighted by atomic mass is 10.1. The molecule has 0 radical (unpaired) electrons. The van der Waals surface area contributed by atoms with Crippen LogP contribution >= 0.6 is 11.8 Å². The van der Waals surface area contributed by atoms with Gasteiger partial charge in [-0.25, -0.2) is 4.39 Å². The van der Waals surface area contributed by atoms with Crippen LogP contribution in [0.25, 0.3) is 0 Å². The molecule has 0 spiro atoms. The molecule has 0 aliphatic carbocycles. The van der Waals surface area contributed by atoms with Crippen LogP contribution in [0.2, 0.25) is 0 Å². The summed E-state index contributed by atoms with van der Waals surface area (Å²) in [6.45, 7) is 4.27. The first-order chi connectivity index (χ1) is 10.4. The molecule has 1 aromatic carbocycles. The van der Waals surface area contributed by atoms with Gasteiger partial charge in [0.2, 0.25) is 0 Å². The number of halogens is 4. The van der Waals surface area contributed by atoms with Crippen LogP contribution < -0.4 is 5.32 Å². The number of rotatable bonds is 9. The van der Waals surface area contributed by atoms with E-state index in [1.54, 1.807) is 11.8 Å². The van der Waals surface area contributed by atoms with Crippen LogP contribution in [0.1, 0.15) is 51.5 Å². The fraction of sp³-hybridized carbons (Fsp3) is 0.625. The average molecular weight is 337 g/mol. The molecule has 126 valence electrons. The minimum absolute atomic E-state index is 0.115. The Balaban J connectivity index is 2.47. The summed E-state index contributed by atoms with van der Waals surface area (Å²) in [5.41, 5.74) is -0.849. The zero-order valence-electron chi connectivity index (χ0n) is 13.0. The van der Waals surface area contributed by atoms with Gasteiger partial charge in [0, 0.05) is 5.25 Å². The molecule has 0 bridgehead atoms. The number of alkyl halides is 3. The molecule has 0 saturated carbocycles. The highest BCUT2D eigenvalue weighted by Gasteiger charge is 2.31. The van der Waals surface area contributed by atoms with E-state index < -0.39 is 17.6 Å². The lowest BCUT2D eigenvalue weighted by Crippen LogP contribution is -2.09. The van der Waals surface area contributed by atoms with Crippen molar-refractivity contribution < 1.29 is 17.6 Å². The van der Waals surface area contributed by atoms with Crippen LogP contribution in [0, 0.1) is 5.82 Å². The number of unbranched alkanes of at least 4 members (excludes halogenated alkanes) is 2. The highest BCUT2D eigenvalue weighted by molar-refractivity contribution is 7.99. The quantitative estimate of drug-likeness (QED) is 0.322. The topological polar surface area (TPSA) is 12.0 Å². The second-order valence-electron chi connectivity index (χ2n) is 5.21. The van der Waals surface area contributed by atoms with E-state index >= 15 is 0 Å². The molecule has 1 atom stereocenters. The molecule has 0 unspecified atom stereocenters. The van der Waals surface area contributed by atoms with Gasteiger partial charge >= 0.3 is 6.18 Å². The van der Waals surface area contributed by atoms with Gasteiger partial charge in [-0.15, -0.1) is 11.8 Å². The third kappa shape index (κ3) is 6.46. The van der Waals surface area contributed by atoms with Crippen LogP contribution in [-0.4, -0.2) is 11.1 Å². The molecule has 22 heavy (non-hydrogen) atoms. The molecule has 6 heteroatoms. The number of thioether (sulfide) groups is 1. The molecular weight excluding hydrogens is 314 g/mol. The maximum Gasteiger partial charge on any atom is 0.416 e. The normalized spacial score (nSPS) is 13.2. The molecule has 0 aliphatic rings. The van der Waals surface area contributed by atoms with Crippen molar-refractivity contribution in [3.63, 3.8) is 0 Å². The summed E-state index contributed by atoms with van der Waals surface area (Å²) in [5, 5.41) is 3.36. The molecule has 0 aliphatic heterocycles. The van der Waals surface area contributed by atoms with Crippen LogP contribution in [0.4, 0.5) is 23.2 Å². The van der Waals surface area contributed by atoms with Gasteiger partial charge in [0.05, 0.1) is 17.1 Å². The molecule has 0 saturated heterocycles. The second-order valence-corrected chi connectivity index (χ2v) is 6.49. The van der Waals surface area contributed by atoms with Crippen molar-refractivity contribution in [3.8, 4) is 0 Å². The van der Waals surface area contributed by atoms with E-state index in [1.807, 2.05) is 0 Å². The van der Waals surface area contributed by atoms with Crippen molar-refractivity contribution >= 4 is 17.4 Å². The Kier molecular flexibility index (Phi) is 8.07. The Bertz CT molecular complexity index is 448. The highest BCUT2D eigenvalue weighted by atomic mass is 32.2. The Morgan fingerprint density at radius 1 is 1.18 bits per heavy atom. The van der Waals surface area contributed by atoms with Gasteiger partial charge in [0.1, 0.15) is 5.82 Å². The summed E-state index contributed by atoms with van der Waals surface area (Å²) >= 11 is 1.69. The number of nitrogens with one attached hydrogen (secondary N) is 1. The summed E-state index contributed by atoms with van der Waals surface area (Å²) < 4.78 is 51.0. The minimum atomic E-state index is -4.51. The fourth-order valence-electron chi connectivity index (χ4n) is 2.10. The standard InChI is InChI=1S/C16H23F4NS/c1-3-5-6-7-13(4-2)22-11-21-15-9-8-12(10-14(15)17)16(18,19)20/h8-10,13,21H,3-7,11H2,1-2H3/t13-/m1/s1. The first kappa shape index (κ1) is 19.1. The highest BCUT2D eigenvalue weighted by Crippen LogP contribution is 2.31. The second kappa shape index (κ2) is 9.28. The molecule has 1 rings (SSSR count). The van der Waals surface area contributed by atoms with E-state index in [9.17, 15) is 17.6 Å². The molecule has 1 nitrogen and oxygen atoms in total. The van der Waals surface area contributed by atoms with E-state index in [1.165, 1.54) is 19.3 Å². The Morgan fingerprint density at radius 2 is 1.91 bits per heavy atom. The SMILES string of the molecule is CCCCC[C@@H](CC)SCNc1ccc(C(F)(F)F)cc1F. The van der Waals surface area contributed by atoms with E-state index in [0.29, 0.717) is 17.2 Å². The lowest BCUT2D eigenvalue weighted by molar-refractivity contribution is -0.137. The monoisotopic (exact) mass is 337 g/mol. The fourth-order valence-corrected chi connectivity index (χ4v) is 3.14. The largest absolute Gasteiger partial charge is 0.416 e. The van der Waals surface area contributed by atoms with Crippen LogP contribution in [0.15, 0.2) is 18.2 Å². The maximum atomic E-state index is 13.7. The summed E-state index contributed by atoms with van der Waals surface area (Å²) in [7, 11) is 0. The van der Waals surface area contributed by atoms with Gasteiger partial charge < -0.3 is 5.32 Å². The van der Waals surface area contributed by atoms with Gasteiger partial charge in [-0.2, -0.15) is 13.2 Å². The van der Waals surface area contributed by atoms with Crippen LogP contribution in [0.3, 0.4) is 0 Å². The lowest BCUT2D eigenvalue weighted by Gasteiger charge is -2.16. The summed E-state index contributed by atoms with van der Waals surface area (Å²) in [5.74, 6) is -0.373. The maximum absolute atomic E-state index is 13.7. The molecule has 0 amide bonds. The van der Waals surface area contributed by atoms with Gasteiger partial charge in [-0.05, 0) is 31.0 Å². The van der Waals surface area contributed by atoms with Crippen molar-refractivity contribution in [2.24, 2.45) is 0 Å². The molecule has 0 heterocycles. The number of hydrogen-bond donors (Lipinski definition) is 1. The van der Waals surface area contributed by atoms with Crippen molar-refractivity contribution in [1.82, 2.24) is 0 Å². The van der Waals surface area contributed by atoms with E-state index in [2.05, 4.69) is 19.2 Å². The zero-order chi connectivity index (χ0) is 16.6. The van der Waals surface area contributed by atoms with E-state index in [0.717, 1.165) is 25.0 Å². The van der Waals surface area contributed by atoms with Gasteiger partial charge in [-0.3, -0.25) is 0 Å². The summed E-state index contributed by atoms with van der Waals surface area (Å²) in [6, 6.07) is 2.58. The molecule has 1 aromatic rings. The first-order valence-corrected chi connectivity index (χ1v) is 8.65. The Morgan fingerprint density at radius 3 is 2.45 bits per heavy atom. The molecule has 0 fully saturated rings. The first-order valence-electron chi connectivity index (χ1n) is 7.60. The molecular formula is C16H23F4NS. The van der Waals surface area contributed by atoms with Crippen LogP contribution in [0.5, 0.6) is 0 Å². The van der Waals surface area contributed by atoms with Crippen molar-refractivity contribution in [3.05, 3.63) is 29.6 Å². The van der Waals surface area contributed by atoms with Crippen molar-refractivity contribution in [2.45, 2.75) is 57.4 Å². The number of hydrogen-bond acceptors (Lipinski definition) is 2. The van der Waals surface area contributed by atoms with Crippen LogP contribution in [-0.2, 0) is 6.18 Å². The van der Waals surface area contributed by atoms with Gasteiger partial charge in [0.15, 0.2) is 0 Å². The third-order valence-electron chi connectivity index (χ3n) is 3.46. The van der Waals surface area contributed by atoms with Crippen molar-refractivity contribution in [1.29, 1.82) is 0 Å². The average Bonchev–Trinajstić information content (AvgIpc) is 2.46. The predicted molar refractivity (Wildman–Crippen MR) is 85.7 cm³/mol. The third-order valence-corrected chi connectivity index (χ3v) is 4.81. The van der Waals surface area contributed by atoms with Gasteiger partial charge in [0.25, 0.3) is 0 Å². The van der Waals surface area contributed by atoms with E-state index in [4.69, 9.17) is 0 Å². The minimum Gasteiger partial charge on any atom is -0.374 e. The Hall–Kier alpha value is -0.910. The number of benzene rings is 1. The number of anilines is 1. The summed E-state index contributed by atoms with van der Waals surface area (Å²) in [4.78, 5) is 0. The van der Waals surface area contributed by atoms with E-state index in [-0.39, 0.29) is 5.69 Å². The predicted octanol–water partition coefficient (Wildman–Crippen LogP) is 6.31. The van der Waals surface area contributed by atoms with Gasteiger partial charge in [-0.1, -0.05) is 33.1 Å². The Labute approximate surface area is 133 Å². The summed E-state index contributed by atoms with van der Waals surface area (Å²) in [6.07, 6.45) is 1.20.